The Balaban J connectivity index is 1.68. The third-order valence-corrected chi connectivity index (χ3v) is 8.33. The van der Waals surface area contributed by atoms with Gasteiger partial charge in [0.1, 0.15) is 23.0 Å². The van der Waals surface area contributed by atoms with E-state index in [4.69, 9.17) is 9.47 Å². The van der Waals surface area contributed by atoms with Crippen molar-refractivity contribution in [2.24, 2.45) is 10.8 Å². The van der Waals surface area contributed by atoms with Gasteiger partial charge in [-0.05, 0) is 94.8 Å². The monoisotopic (exact) mass is 516 g/mol. The van der Waals surface area contributed by atoms with Crippen LogP contribution >= 0.6 is 0 Å². The van der Waals surface area contributed by atoms with Gasteiger partial charge in [-0.2, -0.15) is 0 Å². The van der Waals surface area contributed by atoms with E-state index in [1.807, 2.05) is 12.1 Å². The van der Waals surface area contributed by atoms with Crippen molar-refractivity contribution in [2.45, 2.75) is 66.2 Å². The molecule has 0 N–H and O–H groups in total. The first-order chi connectivity index (χ1) is 18.6. The topological polar surface area (TPSA) is 24.9 Å². The largest absolute Gasteiger partial charge is 0.461 e. The van der Waals surface area contributed by atoms with E-state index in [9.17, 15) is 0 Å². The van der Waals surface area contributed by atoms with Crippen molar-refractivity contribution in [1.29, 1.82) is 0 Å². The Kier molecular flexibility index (Phi) is 10.1. The number of ether oxygens (including phenoxy) is 2. The molecule has 0 saturated carbocycles. The molecule has 206 valence electrons. The number of likely N-dealkylation sites (tertiary alicyclic amines) is 1. The summed E-state index contributed by atoms with van der Waals surface area (Å²) >= 11 is 0. The molecule has 0 aromatic heterocycles. The van der Waals surface area contributed by atoms with Crippen LogP contribution in [0.5, 0.6) is 11.5 Å². The highest BCUT2D eigenvalue weighted by Crippen LogP contribution is 2.53. The second-order valence-electron chi connectivity index (χ2n) is 11.1. The van der Waals surface area contributed by atoms with Crippen LogP contribution in [0.4, 0.5) is 0 Å². The van der Waals surface area contributed by atoms with Gasteiger partial charge >= 0.3 is 0 Å². The molecule has 0 unspecified atom stereocenters. The summed E-state index contributed by atoms with van der Waals surface area (Å²) in [5.74, 6) is 3.96. The van der Waals surface area contributed by atoms with Gasteiger partial charge < -0.3 is 19.3 Å². The molecule has 1 saturated heterocycles. The molecule has 4 rings (SSSR count). The Morgan fingerprint density at radius 3 is 1.76 bits per heavy atom. The van der Waals surface area contributed by atoms with E-state index >= 15 is 0 Å². The molecule has 1 aliphatic carbocycles. The van der Waals surface area contributed by atoms with Gasteiger partial charge in [-0.25, -0.2) is 0 Å². The van der Waals surface area contributed by atoms with Gasteiger partial charge in [0.05, 0.1) is 5.41 Å². The summed E-state index contributed by atoms with van der Waals surface area (Å²) in [4.78, 5) is 5.16. The highest BCUT2D eigenvalue weighted by Gasteiger charge is 2.49. The minimum absolute atomic E-state index is 0.0750. The Morgan fingerprint density at radius 1 is 0.763 bits per heavy atom. The summed E-state index contributed by atoms with van der Waals surface area (Å²) in [6.45, 7) is 15.7. The van der Waals surface area contributed by atoms with Crippen molar-refractivity contribution in [2.75, 3.05) is 39.3 Å². The Hall–Kier alpha value is -2.56. The fraction of sp³-hybridized carbons (Fsp3) is 0.529. The van der Waals surface area contributed by atoms with Crippen molar-refractivity contribution in [3.05, 3.63) is 84.3 Å². The predicted octanol–water partition coefficient (Wildman–Crippen LogP) is 7.94. The predicted molar refractivity (Wildman–Crippen MR) is 158 cm³/mol. The average Bonchev–Trinajstić information content (AvgIpc) is 3.32. The average molecular weight is 517 g/mol. The highest BCUT2D eigenvalue weighted by atomic mass is 16.5. The van der Waals surface area contributed by atoms with Crippen LogP contribution < -0.4 is 9.47 Å². The standard InChI is InChI=1S/C34H48N2O2/c1-5-20-34(21-6-2)31(37-29-16-11-9-12-17-29)26-33(27-32(34)38-30-18-13-10-14-19-30)22-25-36(28-33)24-15-23-35(7-3)8-4/h9-14,16-19,26-27H,5-8,15,20-25,28H2,1-4H3. The number of benzene rings is 2. The second kappa shape index (κ2) is 13.5. The summed E-state index contributed by atoms with van der Waals surface area (Å²) < 4.78 is 13.6. The van der Waals surface area contributed by atoms with E-state index in [-0.39, 0.29) is 10.8 Å². The third-order valence-electron chi connectivity index (χ3n) is 8.33. The Bertz CT molecular complexity index is 975. The zero-order valence-corrected chi connectivity index (χ0v) is 24.1. The first-order valence-corrected chi connectivity index (χ1v) is 14.9. The molecule has 2 aliphatic rings. The van der Waals surface area contributed by atoms with Crippen molar-refractivity contribution in [3.63, 3.8) is 0 Å². The molecular weight excluding hydrogens is 468 g/mol. The molecule has 0 amide bonds. The Morgan fingerprint density at radius 2 is 1.29 bits per heavy atom. The summed E-state index contributed by atoms with van der Waals surface area (Å²) in [6, 6.07) is 20.6. The number of para-hydroxylation sites is 2. The van der Waals surface area contributed by atoms with Crippen molar-refractivity contribution in [3.8, 4) is 11.5 Å². The number of nitrogens with zero attached hydrogens (tertiary/aromatic N) is 2. The molecule has 1 spiro atoms. The summed E-state index contributed by atoms with van der Waals surface area (Å²) in [7, 11) is 0. The molecule has 0 radical (unpaired) electrons. The molecule has 4 heteroatoms. The smallest absolute Gasteiger partial charge is 0.126 e. The van der Waals surface area contributed by atoms with Crippen LogP contribution in [0.25, 0.3) is 0 Å². The quantitative estimate of drug-likeness (QED) is 0.254. The van der Waals surface area contributed by atoms with Crippen LogP contribution in [-0.2, 0) is 0 Å². The van der Waals surface area contributed by atoms with Crippen LogP contribution in [0.1, 0.15) is 66.2 Å². The first kappa shape index (κ1) is 28.4. The molecule has 1 aliphatic heterocycles. The molecular formula is C34H48N2O2. The number of hydrogen-bond acceptors (Lipinski definition) is 4. The summed E-state index contributed by atoms with van der Waals surface area (Å²) in [6.07, 6.45) is 11.4. The molecule has 38 heavy (non-hydrogen) atoms. The van der Waals surface area contributed by atoms with Gasteiger partial charge in [-0.15, -0.1) is 0 Å². The third kappa shape index (κ3) is 6.71. The number of rotatable bonds is 14. The van der Waals surface area contributed by atoms with Crippen LogP contribution in [0.3, 0.4) is 0 Å². The van der Waals surface area contributed by atoms with Gasteiger partial charge in [0.15, 0.2) is 0 Å². The molecule has 1 fully saturated rings. The van der Waals surface area contributed by atoms with Gasteiger partial charge in [0.25, 0.3) is 0 Å². The van der Waals surface area contributed by atoms with E-state index in [1.54, 1.807) is 0 Å². The maximum atomic E-state index is 6.82. The van der Waals surface area contributed by atoms with Crippen LogP contribution in [-0.4, -0.2) is 49.1 Å². The maximum absolute atomic E-state index is 6.82. The van der Waals surface area contributed by atoms with Crippen LogP contribution in [0, 0.1) is 10.8 Å². The van der Waals surface area contributed by atoms with Crippen molar-refractivity contribution < 1.29 is 9.47 Å². The minimum Gasteiger partial charge on any atom is -0.461 e. The SMILES string of the molecule is CCCC1(CCC)C(Oc2ccccc2)=CC2(C=C1Oc1ccccc1)CCN(CCCN(CC)CC)C2. The van der Waals surface area contributed by atoms with E-state index in [0.29, 0.717) is 0 Å². The Labute approximate surface area is 231 Å². The summed E-state index contributed by atoms with van der Waals surface area (Å²) in [5, 5.41) is 0. The van der Waals surface area contributed by atoms with E-state index in [2.05, 4.69) is 98.2 Å². The first-order valence-electron chi connectivity index (χ1n) is 14.9. The van der Waals surface area contributed by atoms with Gasteiger partial charge in [0.2, 0.25) is 0 Å². The molecule has 0 bridgehead atoms. The maximum Gasteiger partial charge on any atom is 0.126 e. The fourth-order valence-electron chi connectivity index (χ4n) is 6.34. The van der Waals surface area contributed by atoms with Crippen LogP contribution in [0.15, 0.2) is 84.3 Å². The van der Waals surface area contributed by atoms with E-state index in [0.717, 1.165) is 87.8 Å². The van der Waals surface area contributed by atoms with E-state index < -0.39 is 0 Å². The van der Waals surface area contributed by atoms with Gasteiger partial charge in [0, 0.05) is 12.0 Å². The minimum atomic E-state index is -0.267. The van der Waals surface area contributed by atoms with Crippen molar-refractivity contribution in [1.82, 2.24) is 9.80 Å². The second-order valence-corrected chi connectivity index (χ2v) is 11.1. The summed E-state index contributed by atoms with van der Waals surface area (Å²) in [5.41, 5.74) is -0.342. The lowest BCUT2D eigenvalue weighted by Gasteiger charge is -2.43. The molecule has 2 aromatic rings. The van der Waals surface area contributed by atoms with Gasteiger partial charge in [-0.1, -0.05) is 76.9 Å². The molecule has 0 atom stereocenters. The highest BCUT2D eigenvalue weighted by molar-refractivity contribution is 5.40. The zero-order chi connectivity index (χ0) is 26.8. The molecule has 4 nitrogen and oxygen atoms in total. The van der Waals surface area contributed by atoms with Crippen molar-refractivity contribution >= 4 is 0 Å². The lowest BCUT2D eigenvalue weighted by Crippen LogP contribution is -2.39. The van der Waals surface area contributed by atoms with Crippen LogP contribution in [0.2, 0.25) is 0 Å². The lowest BCUT2D eigenvalue weighted by atomic mass is 9.67. The zero-order valence-electron chi connectivity index (χ0n) is 24.1. The van der Waals surface area contributed by atoms with E-state index in [1.165, 1.54) is 13.0 Å². The normalized spacial score (nSPS) is 18.4. The lowest BCUT2D eigenvalue weighted by molar-refractivity contribution is 0.156. The fourth-order valence-corrected chi connectivity index (χ4v) is 6.34. The molecule has 2 aromatic carbocycles. The molecule has 1 heterocycles. The van der Waals surface area contributed by atoms with Gasteiger partial charge in [-0.3, -0.25) is 0 Å². The number of hydrogen-bond donors (Lipinski definition) is 0.